The van der Waals surface area contributed by atoms with Crippen molar-refractivity contribution in [1.29, 1.82) is 0 Å². The standard InChI is InChI=1S/C44H69NO11/c1-10-13-32-21-26(2)20-27(3)22-37(53-8)40-38(54-9)24-30(6)44(51,56-40)41(48)42(49)45-19-12-11-14-33(45)43(50)55-39(28(4)15-17-34(32)46)29(5)23-31-16-18-35(47)36(25-31)52-7/h10,21,23,27-28,30-33,35-40,47,51H,1,11-20,22,24-25H2,2-9H3/b26-21?,29-23+. The molecule has 3 heterocycles. The summed E-state index contributed by atoms with van der Waals surface area (Å²) in [6.45, 7) is 13.7. The molecule has 0 aromatic carbocycles. The van der Waals surface area contributed by atoms with Gasteiger partial charge in [-0.05, 0) is 108 Å². The molecule has 0 spiro atoms. The van der Waals surface area contributed by atoms with E-state index in [2.05, 4.69) is 19.6 Å². The molecule has 13 atom stereocenters. The van der Waals surface area contributed by atoms with Gasteiger partial charge in [0, 0.05) is 46.1 Å². The molecule has 1 amide bonds. The Morgan fingerprint density at radius 3 is 2.30 bits per heavy atom. The number of hydrogen-bond donors (Lipinski definition) is 2. The van der Waals surface area contributed by atoms with Crippen molar-refractivity contribution in [1.82, 2.24) is 4.90 Å². The zero-order valence-corrected chi connectivity index (χ0v) is 35.1. The van der Waals surface area contributed by atoms with Gasteiger partial charge in [-0.1, -0.05) is 44.6 Å². The van der Waals surface area contributed by atoms with Crippen LogP contribution in [0.1, 0.15) is 112 Å². The molecule has 3 fully saturated rings. The number of carbonyl (C=O) groups excluding carboxylic acids is 4. The molecule has 12 heteroatoms. The summed E-state index contributed by atoms with van der Waals surface area (Å²) in [5, 5.41) is 22.4. The second-order valence-electron chi connectivity index (χ2n) is 17.2. The maximum Gasteiger partial charge on any atom is 0.329 e. The molecule has 4 rings (SSSR count). The van der Waals surface area contributed by atoms with E-state index in [1.807, 2.05) is 26.8 Å². The van der Waals surface area contributed by atoms with Gasteiger partial charge in [-0.3, -0.25) is 14.4 Å². The summed E-state index contributed by atoms with van der Waals surface area (Å²) < 4.78 is 29.9. The van der Waals surface area contributed by atoms with Crippen LogP contribution in [-0.4, -0.2) is 115 Å². The van der Waals surface area contributed by atoms with Gasteiger partial charge in [-0.2, -0.15) is 0 Å². The molecule has 2 bridgehead atoms. The van der Waals surface area contributed by atoms with Crippen LogP contribution in [0.25, 0.3) is 0 Å². The third-order valence-electron chi connectivity index (χ3n) is 12.7. The number of hydrogen-bond acceptors (Lipinski definition) is 11. The van der Waals surface area contributed by atoms with E-state index in [0.717, 1.165) is 17.6 Å². The number of ketones is 2. The molecule has 0 aromatic rings. The minimum absolute atomic E-state index is 0.0649. The van der Waals surface area contributed by atoms with Gasteiger partial charge >= 0.3 is 5.97 Å². The second kappa shape index (κ2) is 20.8. The summed E-state index contributed by atoms with van der Waals surface area (Å²) in [7, 11) is 4.68. The number of piperidine rings is 1. The molecule has 2 N–H and O–H groups in total. The molecule has 12 nitrogen and oxygen atoms in total. The third-order valence-corrected chi connectivity index (χ3v) is 12.7. The smallest absolute Gasteiger partial charge is 0.329 e. The summed E-state index contributed by atoms with van der Waals surface area (Å²) in [5.74, 6) is -6.43. The number of fused-ring (bicyclic) bond motifs is 3. The molecular formula is C44H69NO11. The fourth-order valence-electron chi connectivity index (χ4n) is 9.43. The predicted octanol–water partition coefficient (Wildman–Crippen LogP) is 5.67. The number of carbonyl (C=O) groups is 4. The van der Waals surface area contributed by atoms with Gasteiger partial charge in [-0.15, -0.1) is 6.58 Å². The van der Waals surface area contributed by atoms with Gasteiger partial charge in [0.25, 0.3) is 11.7 Å². The summed E-state index contributed by atoms with van der Waals surface area (Å²) in [6, 6.07) is -1.05. The first-order chi connectivity index (χ1) is 26.6. The Labute approximate surface area is 334 Å². The predicted molar refractivity (Wildman–Crippen MR) is 211 cm³/mol. The fourth-order valence-corrected chi connectivity index (χ4v) is 9.43. The van der Waals surface area contributed by atoms with Crippen molar-refractivity contribution in [2.75, 3.05) is 27.9 Å². The van der Waals surface area contributed by atoms with Gasteiger partial charge in [0.2, 0.25) is 5.79 Å². The average Bonchev–Trinajstić information content (AvgIpc) is 3.18. The number of methoxy groups -OCH3 is 3. The van der Waals surface area contributed by atoms with Crippen LogP contribution in [0.5, 0.6) is 0 Å². The molecule has 13 unspecified atom stereocenters. The highest BCUT2D eigenvalue weighted by Crippen LogP contribution is 2.39. The fraction of sp³-hybridized carbons (Fsp3) is 0.773. The van der Waals surface area contributed by atoms with Crippen molar-refractivity contribution in [3.05, 3.63) is 36.0 Å². The Kier molecular flexibility index (Phi) is 17.1. The highest BCUT2D eigenvalue weighted by Gasteiger charge is 2.56. The minimum atomic E-state index is -2.47. The summed E-state index contributed by atoms with van der Waals surface area (Å²) in [5.41, 5.74) is 1.86. The van der Waals surface area contributed by atoms with Crippen LogP contribution in [0.2, 0.25) is 0 Å². The number of esters is 1. The lowest BCUT2D eigenvalue weighted by Crippen LogP contribution is -2.64. The number of nitrogens with zero attached hydrogens (tertiary/aromatic N) is 1. The SMILES string of the molecule is C=CCC1C=C(C)CC(C)CC(OC)C2OC(O)(C(=O)C(=O)N3CCCCC3C(=O)OC(/C(C)=C/C3CCC(O)C(OC)C3)C(C)CCC1=O)C(C)CC2OC. The lowest BCUT2D eigenvalue weighted by molar-refractivity contribution is -0.302. The number of aliphatic hydroxyl groups is 2. The van der Waals surface area contributed by atoms with E-state index in [0.29, 0.717) is 51.4 Å². The van der Waals surface area contributed by atoms with Crippen molar-refractivity contribution in [3.63, 3.8) is 0 Å². The molecule has 316 valence electrons. The number of rotatable bonds is 7. The maximum atomic E-state index is 14.3. The van der Waals surface area contributed by atoms with E-state index in [1.165, 1.54) is 4.90 Å². The number of Topliss-reactive ketones (excluding diaryl/α,β-unsaturated/α-hetero) is 2. The highest BCUT2D eigenvalue weighted by atomic mass is 16.7. The monoisotopic (exact) mass is 787 g/mol. The molecule has 1 aliphatic carbocycles. The van der Waals surface area contributed by atoms with E-state index >= 15 is 0 Å². The van der Waals surface area contributed by atoms with Crippen LogP contribution in [0, 0.1) is 29.6 Å². The molecule has 56 heavy (non-hydrogen) atoms. The van der Waals surface area contributed by atoms with Crippen molar-refractivity contribution in [2.45, 2.75) is 160 Å². The number of aliphatic hydroxyl groups excluding tert-OH is 1. The van der Waals surface area contributed by atoms with Gasteiger partial charge in [-0.25, -0.2) is 4.79 Å². The Morgan fingerprint density at radius 1 is 0.964 bits per heavy atom. The molecule has 4 aliphatic rings. The minimum Gasteiger partial charge on any atom is -0.456 e. The number of allylic oxidation sites excluding steroid dienone is 4. The topological polar surface area (TPSA) is 158 Å². The normalized spacial score (nSPS) is 39.2. The van der Waals surface area contributed by atoms with Crippen molar-refractivity contribution in [2.24, 2.45) is 29.6 Å². The maximum absolute atomic E-state index is 14.3. The molecule has 0 radical (unpaired) electrons. The molecule has 0 aromatic heterocycles. The van der Waals surface area contributed by atoms with Crippen molar-refractivity contribution in [3.8, 4) is 0 Å². The zero-order valence-electron chi connectivity index (χ0n) is 35.1. The number of ether oxygens (including phenoxy) is 5. The second-order valence-corrected chi connectivity index (χ2v) is 17.2. The Bertz CT molecular complexity index is 1440. The number of amides is 1. The van der Waals surface area contributed by atoms with E-state index in [1.54, 1.807) is 34.3 Å². The van der Waals surface area contributed by atoms with Crippen molar-refractivity contribution < 1.29 is 53.1 Å². The summed E-state index contributed by atoms with van der Waals surface area (Å²) in [4.78, 5) is 57.8. The molecule has 1 saturated carbocycles. The Morgan fingerprint density at radius 2 is 1.64 bits per heavy atom. The van der Waals surface area contributed by atoms with Gasteiger partial charge < -0.3 is 38.8 Å². The van der Waals surface area contributed by atoms with Crippen LogP contribution in [0.15, 0.2) is 36.0 Å². The van der Waals surface area contributed by atoms with Crippen LogP contribution in [0.4, 0.5) is 0 Å². The summed E-state index contributed by atoms with van der Waals surface area (Å²) in [6.07, 6.45) is 8.39. The van der Waals surface area contributed by atoms with Crippen LogP contribution >= 0.6 is 0 Å². The third kappa shape index (κ3) is 11.0. The lowest BCUT2D eigenvalue weighted by Gasteiger charge is -2.47. The quantitative estimate of drug-likeness (QED) is 0.186. The van der Waals surface area contributed by atoms with Gasteiger partial charge in [0.1, 0.15) is 24.0 Å². The van der Waals surface area contributed by atoms with Crippen LogP contribution in [0.3, 0.4) is 0 Å². The van der Waals surface area contributed by atoms with E-state index in [9.17, 15) is 29.4 Å². The Hall–Kier alpha value is -2.74. The van der Waals surface area contributed by atoms with Gasteiger partial charge in [0.15, 0.2) is 0 Å². The van der Waals surface area contributed by atoms with E-state index in [4.69, 9.17) is 23.7 Å². The first-order valence-electron chi connectivity index (χ1n) is 20.8. The average molecular weight is 788 g/mol. The molecule has 3 aliphatic heterocycles. The molecular weight excluding hydrogens is 718 g/mol. The van der Waals surface area contributed by atoms with Crippen LogP contribution < -0.4 is 0 Å². The lowest BCUT2D eigenvalue weighted by atomic mass is 9.82. The summed E-state index contributed by atoms with van der Waals surface area (Å²) >= 11 is 0. The van der Waals surface area contributed by atoms with Crippen molar-refractivity contribution >= 4 is 23.4 Å². The van der Waals surface area contributed by atoms with E-state index in [-0.39, 0.29) is 61.4 Å². The first-order valence-corrected chi connectivity index (χ1v) is 20.8. The first kappa shape index (κ1) is 46.0. The highest BCUT2D eigenvalue weighted by molar-refractivity contribution is 6.39. The molecule has 2 saturated heterocycles. The number of cyclic esters (lactones) is 1. The van der Waals surface area contributed by atoms with Gasteiger partial charge in [0.05, 0.1) is 24.4 Å². The van der Waals surface area contributed by atoms with Crippen LogP contribution in [-0.2, 0) is 42.9 Å². The zero-order chi connectivity index (χ0) is 41.3. The van der Waals surface area contributed by atoms with E-state index < -0.39 is 65.9 Å². The Balaban J connectivity index is 1.75. The largest absolute Gasteiger partial charge is 0.456 e.